The summed E-state index contributed by atoms with van der Waals surface area (Å²) < 4.78 is 8.56. The molecule has 0 fully saturated rings. The topological polar surface area (TPSA) is 115 Å². The Balaban J connectivity index is 1.21. The number of rotatable bonds is 9. The van der Waals surface area contributed by atoms with E-state index in [-0.39, 0.29) is 11.8 Å². The van der Waals surface area contributed by atoms with Gasteiger partial charge in [0.15, 0.2) is 0 Å². The summed E-state index contributed by atoms with van der Waals surface area (Å²) in [5.74, 6) is 0.579. The molecule has 0 radical (unpaired) electrons. The summed E-state index contributed by atoms with van der Waals surface area (Å²) in [5, 5.41) is 9.83. The second kappa shape index (κ2) is 12.8. The largest absolute Gasteiger partial charge is 0.495 e. The fraction of sp³-hybridized carbons (Fsp3) is 0.139. The zero-order valence-electron chi connectivity index (χ0n) is 26.0. The maximum Gasteiger partial charge on any atom is 0.272 e. The first-order valence-corrected chi connectivity index (χ1v) is 15.5. The molecule has 0 saturated carbocycles. The van der Waals surface area contributed by atoms with Gasteiger partial charge in [-0.1, -0.05) is 42.5 Å². The molecule has 0 aliphatic rings. The smallest absolute Gasteiger partial charge is 0.272 e. The summed E-state index contributed by atoms with van der Waals surface area (Å²) in [6.07, 6.45) is 5.58. The van der Waals surface area contributed by atoms with E-state index in [1.165, 1.54) is 0 Å². The van der Waals surface area contributed by atoms with Crippen LogP contribution in [0.3, 0.4) is 0 Å². The van der Waals surface area contributed by atoms with Gasteiger partial charge in [-0.25, -0.2) is 4.98 Å². The number of aryl methyl sites for hydroxylation is 1. The first-order valence-electron chi connectivity index (χ1n) is 14.7. The number of carbonyl (C=O) groups is 2. The van der Waals surface area contributed by atoms with Crippen molar-refractivity contribution in [2.45, 2.75) is 0 Å². The SMILES string of the molecule is COc1cc(-c2csc3c(/C=C/CNC(=O)c4cccc(N(C)C)c4)cnc(N)c23)ccc1NC(=O)c1cc2ccccc2n1C. The number of fused-ring (bicyclic) bond motifs is 2. The van der Waals surface area contributed by atoms with Gasteiger partial charge in [-0.2, -0.15) is 0 Å². The van der Waals surface area contributed by atoms with E-state index in [1.807, 2.05) is 115 Å². The van der Waals surface area contributed by atoms with Crippen molar-refractivity contribution in [3.05, 3.63) is 107 Å². The van der Waals surface area contributed by atoms with Crippen molar-refractivity contribution in [1.29, 1.82) is 0 Å². The molecule has 46 heavy (non-hydrogen) atoms. The van der Waals surface area contributed by atoms with Crippen LogP contribution in [0.15, 0.2) is 90.4 Å². The Morgan fingerprint density at radius 3 is 2.65 bits per heavy atom. The average molecular weight is 631 g/mol. The number of thiophene rings is 1. The van der Waals surface area contributed by atoms with Crippen LogP contribution in [0, 0.1) is 0 Å². The Morgan fingerprint density at radius 2 is 1.87 bits per heavy atom. The molecule has 0 spiro atoms. The zero-order valence-corrected chi connectivity index (χ0v) is 26.8. The predicted molar refractivity (Wildman–Crippen MR) is 189 cm³/mol. The van der Waals surface area contributed by atoms with Crippen LogP contribution in [-0.2, 0) is 7.05 Å². The van der Waals surface area contributed by atoms with Crippen LogP contribution in [0.4, 0.5) is 17.2 Å². The van der Waals surface area contributed by atoms with E-state index >= 15 is 0 Å². The van der Waals surface area contributed by atoms with E-state index in [2.05, 4.69) is 15.6 Å². The third kappa shape index (κ3) is 5.90. The number of hydrogen-bond acceptors (Lipinski definition) is 7. The van der Waals surface area contributed by atoms with Gasteiger partial charge in [-0.15, -0.1) is 11.3 Å². The first kappa shape index (κ1) is 30.4. The molecule has 0 aliphatic heterocycles. The summed E-state index contributed by atoms with van der Waals surface area (Å²) in [7, 11) is 7.34. The highest BCUT2D eigenvalue weighted by Crippen LogP contribution is 2.41. The van der Waals surface area contributed by atoms with Crippen LogP contribution in [0.5, 0.6) is 5.75 Å². The highest BCUT2D eigenvalue weighted by atomic mass is 32.1. The molecule has 0 bridgehead atoms. The third-order valence-electron chi connectivity index (χ3n) is 7.90. The van der Waals surface area contributed by atoms with Gasteiger partial charge in [0.1, 0.15) is 17.3 Å². The number of nitrogen functional groups attached to an aromatic ring is 1. The number of nitrogens with two attached hydrogens (primary N) is 1. The van der Waals surface area contributed by atoms with E-state index in [9.17, 15) is 9.59 Å². The predicted octanol–water partition coefficient (Wildman–Crippen LogP) is 6.81. The lowest BCUT2D eigenvalue weighted by molar-refractivity contribution is 0.0957. The minimum atomic E-state index is -0.228. The second-order valence-corrected chi connectivity index (χ2v) is 11.9. The molecule has 3 aromatic heterocycles. The molecule has 0 unspecified atom stereocenters. The number of nitrogens with zero attached hydrogens (tertiary/aromatic N) is 3. The summed E-state index contributed by atoms with van der Waals surface area (Å²) in [6, 6.07) is 22.9. The quantitative estimate of drug-likeness (QED) is 0.162. The number of para-hydroxylation sites is 1. The average Bonchev–Trinajstić information content (AvgIpc) is 3.67. The molecular weight excluding hydrogens is 597 g/mol. The fourth-order valence-corrected chi connectivity index (χ4v) is 6.52. The monoisotopic (exact) mass is 630 g/mol. The minimum Gasteiger partial charge on any atom is -0.495 e. The summed E-state index contributed by atoms with van der Waals surface area (Å²) in [5.41, 5.74) is 12.8. The van der Waals surface area contributed by atoms with E-state index in [1.54, 1.807) is 30.7 Å². The van der Waals surface area contributed by atoms with E-state index in [4.69, 9.17) is 10.5 Å². The second-order valence-electron chi connectivity index (χ2n) is 11.0. The Morgan fingerprint density at radius 1 is 1.04 bits per heavy atom. The lowest BCUT2D eigenvalue weighted by Gasteiger charge is -2.13. The van der Waals surface area contributed by atoms with E-state index in [0.29, 0.717) is 35.1 Å². The normalized spacial score (nSPS) is 11.3. The molecular formula is C36H34N6O3S. The lowest BCUT2D eigenvalue weighted by atomic mass is 10.0. The van der Waals surface area contributed by atoms with Gasteiger partial charge in [0, 0.05) is 77.3 Å². The van der Waals surface area contributed by atoms with Gasteiger partial charge in [0.05, 0.1) is 12.8 Å². The van der Waals surface area contributed by atoms with Crippen molar-refractivity contribution in [2.75, 3.05) is 43.7 Å². The van der Waals surface area contributed by atoms with Gasteiger partial charge >= 0.3 is 0 Å². The molecule has 6 aromatic rings. The van der Waals surface area contributed by atoms with Gasteiger partial charge in [-0.05, 0) is 53.4 Å². The number of carbonyl (C=O) groups excluding carboxylic acids is 2. The van der Waals surface area contributed by atoms with Gasteiger partial charge in [0.2, 0.25) is 0 Å². The van der Waals surface area contributed by atoms with Gasteiger partial charge < -0.3 is 30.6 Å². The van der Waals surface area contributed by atoms with Crippen LogP contribution in [-0.4, -0.2) is 49.1 Å². The number of anilines is 3. The number of aromatic nitrogens is 2. The molecule has 0 aliphatic carbocycles. The number of pyridine rings is 1. The highest BCUT2D eigenvalue weighted by molar-refractivity contribution is 7.18. The first-order chi connectivity index (χ1) is 22.2. The molecule has 3 heterocycles. The maximum atomic E-state index is 13.3. The zero-order chi connectivity index (χ0) is 32.4. The van der Waals surface area contributed by atoms with Crippen molar-refractivity contribution in [2.24, 2.45) is 7.05 Å². The Kier molecular flexibility index (Phi) is 8.45. The number of ether oxygens (including phenoxy) is 1. The fourth-order valence-electron chi connectivity index (χ4n) is 5.44. The number of amides is 2. The van der Waals surface area contributed by atoms with E-state index in [0.717, 1.165) is 43.4 Å². The Labute approximate surface area is 270 Å². The molecule has 232 valence electrons. The number of benzene rings is 3. The van der Waals surface area contributed by atoms with Crippen LogP contribution in [0.1, 0.15) is 26.4 Å². The number of nitrogens with one attached hydrogen (secondary N) is 2. The van der Waals surface area contributed by atoms with Crippen molar-refractivity contribution in [3.8, 4) is 16.9 Å². The molecule has 6 rings (SSSR count). The molecule has 3 aromatic carbocycles. The molecule has 0 saturated heterocycles. The van der Waals surface area contributed by atoms with E-state index < -0.39 is 0 Å². The van der Waals surface area contributed by atoms with Gasteiger partial charge in [-0.3, -0.25) is 9.59 Å². The molecule has 9 nitrogen and oxygen atoms in total. The van der Waals surface area contributed by atoms with Crippen molar-refractivity contribution >= 4 is 67.4 Å². The minimum absolute atomic E-state index is 0.141. The maximum absolute atomic E-state index is 13.3. The summed E-state index contributed by atoms with van der Waals surface area (Å²) >= 11 is 1.57. The summed E-state index contributed by atoms with van der Waals surface area (Å²) in [6.45, 7) is 0.359. The molecule has 2 amide bonds. The highest BCUT2D eigenvalue weighted by Gasteiger charge is 2.18. The van der Waals surface area contributed by atoms with Crippen LogP contribution in [0.25, 0.3) is 38.2 Å². The Hall–Kier alpha value is -5.61. The Bertz CT molecular complexity index is 2130. The van der Waals surface area contributed by atoms with Crippen molar-refractivity contribution in [1.82, 2.24) is 14.9 Å². The van der Waals surface area contributed by atoms with Crippen molar-refractivity contribution < 1.29 is 14.3 Å². The number of methoxy groups -OCH3 is 1. The van der Waals surface area contributed by atoms with Crippen LogP contribution >= 0.6 is 11.3 Å². The van der Waals surface area contributed by atoms with Crippen molar-refractivity contribution in [3.63, 3.8) is 0 Å². The van der Waals surface area contributed by atoms with Crippen LogP contribution in [0.2, 0.25) is 0 Å². The van der Waals surface area contributed by atoms with Crippen LogP contribution < -0.4 is 26.0 Å². The standard InChI is InChI=1S/C36H34N6O3S/c1-41(2)26-12-7-10-24(17-26)35(43)38-16-8-11-25-20-39-34(37)32-27(21-46-33(25)32)22-14-15-28(31(19-22)45-4)40-36(44)30-18-23-9-5-6-13-29(23)42(30)3/h5-15,17-21H,16H2,1-4H3,(H2,37,39)(H,38,43)(H,40,44)/b11-8+. The lowest BCUT2D eigenvalue weighted by Crippen LogP contribution is -2.23. The molecule has 10 heteroatoms. The number of hydrogen-bond donors (Lipinski definition) is 3. The van der Waals surface area contributed by atoms with Gasteiger partial charge in [0.25, 0.3) is 11.8 Å². The molecule has 0 atom stereocenters. The third-order valence-corrected chi connectivity index (χ3v) is 8.93. The molecule has 4 N–H and O–H groups in total. The summed E-state index contributed by atoms with van der Waals surface area (Å²) in [4.78, 5) is 32.4.